The SMILES string of the molecule is COc1nc2c(c(N3CCCN=C(/C(Cl)=C(\N)C(=O)N(C)C)C3)n1)COC(c1c(F)c(N)cc3c1CC3)C2. The Morgan fingerprint density at radius 1 is 1.29 bits per heavy atom. The van der Waals surface area contributed by atoms with Crippen LogP contribution in [-0.2, 0) is 35.4 Å². The summed E-state index contributed by atoms with van der Waals surface area (Å²) in [6.45, 7) is 1.63. The van der Waals surface area contributed by atoms with Crippen LogP contribution in [0.25, 0.3) is 0 Å². The van der Waals surface area contributed by atoms with Crippen molar-refractivity contribution in [2.75, 3.05) is 51.5 Å². The summed E-state index contributed by atoms with van der Waals surface area (Å²) in [7, 11) is 4.72. The van der Waals surface area contributed by atoms with Gasteiger partial charge in [-0.05, 0) is 36.5 Å². The maximum atomic E-state index is 15.2. The number of benzene rings is 1. The van der Waals surface area contributed by atoms with E-state index in [0.717, 1.165) is 41.6 Å². The Bertz CT molecular complexity index is 1350. The van der Waals surface area contributed by atoms with E-state index in [-0.39, 0.29) is 35.6 Å². The third-order valence-corrected chi connectivity index (χ3v) is 7.62. The number of fused-ring (bicyclic) bond motifs is 2. The molecule has 38 heavy (non-hydrogen) atoms. The molecule has 1 unspecified atom stereocenters. The Morgan fingerprint density at radius 2 is 2.08 bits per heavy atom. The summed E-state index contributed by atoms with van der Waals surface area (Å²) < 4.78 is 26.8. The zero-order valence-electron chi connectivity index (χ0n) is 21.7. The molecule has 1 atom stereocenters. The minimum atomic E-state index is -0.511. The maximum absolute atomic E-state index is 15.2. The van der Waals surface area contributed by atoms with Crippen LogP contribution in [0.3, 0.4) is 0 Å². The topological polar surface area (TPSA) is 132 Å². The molecule has 0 saturated heterocycles. The number of rotatable bonds is 5. The van der Waals surface area contributed by atoms with Gasteiger partial charge in [0.1, 0.15) is 11.5 Å². The highest BCUT2D eigenvalue weighted by Crippen LogP contribution is 2.42. The molecule has 1 aromatic carbocycles. The number of methoxy groups -OCH3 is 1. The van der Waals surface area contributed by atoms with Crippen LogP contribution in [0, 0.1) is 5.82 Å². The average Bonchev–Trinajstić information content (AvgIpc) is 3.16. The van der Waals surface area contributed by atoms with E-state index >= 15 is 4.39 Å². The molecule has 2 aromatic rings. The molecule has 1 amide bonds. The molecule has 5 rings (SSSR count). The first-order valence-electron chi connectivity index (χ1n) is 12.5. The molecule has 3 heterocycles. The molecule has 10 nitrogen and oxygen atoms in total. The maximum Gasteiger partial charge on any atom is 0.318 e. The first-order chi connectivity index (χ1) is 18.2. The van der Waals surface area contributed by atoms with Crippen LogP contribution in [0.1, 0.15) is 40.5 Å². The molecule has 0 saturated carbocycles. The molecule has 0 spiro atoms. The first kappa shape index (κ1) is 26.2. The van der Waals surface area contributed by atoms with Crippen molar-refractivity contribution in [2.24, 2.45) is 10.7 Å². The number of aromatic nitrogens is 2. The van der Waals surface area contributed by atoms with Gasteiger partial charge in [-0.25, -0.2) is 4.39 Å². The lowest BCUT2D eigenvalue weighted by molar-refractivity contribution is -0.124. The highest BCUT2D eigenvalue weighted by atomic mass is 35.5. The quantitative estimate of drug-likeness (QED) is 0.433. The highest BCUT2D eigenvalue weighted by molar-refractivity contribution is 6.45. The van der Waals surface area contributed by atoms with Gasteiger partial charge in [0.15, 0.2) is 5.82 Å². The van der Waals surface area contributed by atoms with Crippen molar-refractivity contribution in [1.82, 2.24) is 14.9 Å². The van der Waals surface area contributed by atoms with Crippen LogP contribution in [0.2, 0.25) is 0 Å². The second-order valence-electron chi connectivity index (χ2n) is 9.82. The number of nitrogen functional groups attached to an aromatic ring is 1. The van der Waals surface area contributed by atoms with E-state index in [1.54, 1.807) is 20.2 Å². The van der Waals surface area contributed by atoms with Gasteiger partial charge in [-0.3, -0.25) is 9.79 Å². The van der Waals surface area contributed by atoms with Crippen molar-refractivity contribution < 1.29 is 18.7 Å². The van der Waals surface area contributed by atoms with Crippen molar-refractivity contribution in [2.45, 2.75) is 38.4 Å². The fourth-order valence-electron chi connectivity index (χ4n) is 5.10. The van der Waals surface area contributed by atoms with Crippen molar-refractivity contribution in [3.8, 4) is 6.01 Å². The molecule has 0 radical (unpaired) electrons. The van der Waals surface area contributed by atoms with E-state index in [4.69, 9.17) is 32.5 Å². The third kappa shape index (κ3) is 4.64. The van der Waals surface area contributed by atoms with Crippen LogP contribution in [-0.4, -0.2) is 67.3 Å². The van der Waals surface area contributed by atoms with E-state index in [9.17, 15) is 4.79 Å². The molecular weight excluding hydrogens is 513 g/mol. The molecule has 0 bridgehead atoms. The largest absolute Gasteiger partial charge is 0.467 e. The number of carbonyl (C=O) groups is 1. The van der Waals surface area contributed by atoms with Crippen molar-refractivity contribution in [1.29, 1.82) is 0 Å². The second-order valence-corrected chi connectivity index (χ2v) is 10.2. The minimum absolute atomic E-state index is 0.0634. The lowest BCUT2D eigenvalue weighted by atomic mass is 9.81. The van der Waals surface area contributed by atoms with Gasteiger partial charge in [0.05, 0.1) is 48.5 Å². The number of carbonyl (C=O) groups excluding carboxylic acids is 1. The number of hydrogen-bond acceptors (Lipinski definition) is 9. The number of nitrogens with two attached hydrogens (primary N) is 2. The Hall–Kier alpha value is -3.44. The average molecular weight is 544 g/mol. The molecule has 1 aliphatic carbocycles. The number of nitrogens with zero attached hydrogens (tertiary/aromatic N) is 5. The lowest BCUT2D eigenvalue weighted by Crippen LogP contribution is -2.35. The van der Waals surface area contributed by atoms with Gasteiger partial charge in [0, 0.05) is 44.7 Å². The number of anilines is 2. The standard InChI is InChI=1S/C26H31ClFN7O3/c1-34(2)25(36)23(30)21(27)18-11-35(8-4-7-31-18)24-15-12-38-19(10-17(15)32-26(33-24)37-3)20-14-6-5-13(14)9-16(29)22(20)28/h9,19H,4-8,10-12,29-30H2,1-3H3/b23-21+. The predicted octanol–water partition coefficient (Wildman–Crippen LogP) is 2.27. The van der Waals surface area contributed by atoms with E-state index in [0.29, 0.717) is 36.6 Å². The number of likely N-dealkylation sites (N-methyl/N-ethyl adjacent to an activating group) is 1. The van der Waals surface area contributed by atoms with Crippen LogP contribution >= 0.6 is 11.6 Å². The fraction of sp³-hybridized carbons (Fsp3) is 0.462. The number of hydrogen-bond donors (Lipinski definition) is 2. The van der Waals surface area contributed by atoms with Gasteiger partial charge in [0.25, 0.3) is 5.91 Å². The van der Waals surface area contributed by atoms with Crippen LogP contribution in [0.4, 0.5) is 15.9 Å². The lowest BCUT2D eigenvalue weighted by Gasteiger charge is -2.33. The van der Waals surface area contributed by atoms with Gasteiger partial charge >= 0.3 is 6.01 Å². The number of amides is 1. The summed E-state index contributed by atoms with van der Waals surface area (Å²) in [5, 5.41) is 0.122. The molecule has 0 fully saturated rings. The van der Waals surface area contributed by atoms with Crippen LogP contribution in [0.15, 0.2) is 21.8 Å². The van der Waals surface area contributed by atoms with Crippen molar-refractivity contribution >= 4 is 34.7 Å². The number of ether oxygens (including phenoxy) is 2. The normalized spacial score (nSPS) is 19.3. The van der Waals surface area contributed by atoms with Gasteiger partial charge in [-0.15, -0.1) is 0 Å². The van der Waals surface area contributed by atoms with E-state index < -0.39 is 17.8 Å². The number of aliphatic imine (C=N–C) groups is 1. The second kappa shape index (κ2) is 10.4. The zero-order chi connectivity index (χ0) is 27.1. The first-order valence-corrected chi connectivity index (χ1v) is 12.9. The Balaban J connectivity index is 1.48. The molecule has 3 aliphatic rings. The summed E-state index contributed by atoms with van der Waals surface area (Å²) >= 11 is 6.55. The summed E-state index contributed by atoms with van der Waals surface area (Å²) in [6.07, 6.45) is 2.27. The predicted molar refractivity (Wildman–Crippen MR) is 143 cm³/mol. The Morgan fingerprint density at radius 3 is 2.76 bits per heavy atom. The summed E-state index contributed by atoms with van der Waals surface area (Å²) in [6, 6.07) is 1.92. The van der Waals surface area contributed by atoms with Crippen LogP contribution < -0.4 is 21.1 Å². The van der Waals surface area contributed by atoms with Gasteiger partial charge in [-0.2, -0.15) is 9.97 Å². The molecule has 12 heteroatoms. The monoisotopic (exact) mass is 543 g/mol. The van der Waals surface area contributed by atoms with E-state index in [1.165, 1.54) is 12.0 Å². The van der Waals surface area contributed by atoms with Crippen LogP contribution in [0.5, 0.6) is 6.01 Å². The zero-order valence-corrected chi connectivity index (χ0v) is 22.4. The molecule has 4 N–H and O–H groups in total. The number of aryl methyl sites for hydroxylation is 1. The Labute approximate surface area is 225 Å². The van der Waals surface area contributed by atoms with Gasteiger partial charge in [0.2, 0.25) is 0 Å². The summed E-state index contributed by atoms with van der Waals surface area (Å²) in [4.78, 5) is 29.6. The summed E-state index contributed by atoms with van der Waals surface area (Å²) in [5.74, 6) is -0.181. The summed E-state index contributed by atoms with van der Waals surface area (Å²) in [5.41, 5.74) is 16.7. The molecule has 2 aliphatic heterocycles. The third-order valence-electron chi connectivity index (χ3n) is 7.19. The minimum Gasteiger partial charge on any atom is -0.467 e. The van der Waals surface area contributed by atoms with Crippen molar-refractivity contribution in [3.63, 3.8) is 0 Å². The smallest absolute Gasteiger partial charge is 0.318 e. The number of halogens is 2. The molecular formula is C26H31ClFN7O3. The van der Waals surface area contributed by atoms with Crippen molar-refractivity contribution in [3.05, 3.63) is 50.6 Å². The fourth-order valence-corrected chi connectivity index (χ4v) is 5.30. The van der Waals surface area contributed by atoms with Gasteiger partial charge in [-0.1, -0.05) is 11.6 Å². The molecule has 202 valence electrons. The highest BCUT2D eigenvalue weighted by Gasteiger charge is 2.34. The van der Waals surface area contributed by atoms with E-state index in [2.05, 4.69) is 15.0 Å². The van der Waals surface area contributed by atoms with E-state index in [1.807, 2.05) is 4.90 Å². The molecule has 1 aromatic heterocycles. The van der Waals surface area contributed by atoms with Gasteiger partial charge < -0.3 is 30.7 Å². The Kier molecular flexibility index (Phi) is 7.15.